The van der Waals surface area contributed by atoms with E-state index in [1.807, 2.05) is 30.3 Å². The monoisotopic (exact) mass is 337 g/mol. The van der Waals surface area contributed by atoms with Crippen molar-refractivity contribution in [2.75, 3.05) is 37.0 Å². The van der Waals surface area contributed by atoms with E-state index < -0.39 is 0 Å². The zero-order valence-corrected chi connectivity index (χ0v) is 14.4. The predicted octanol–water partition coefficient (Wildman–Crippen LogP) is 3.37. The molecule has 0 aromatic heterocycles. The van der Waals surface area contributed by atoms with Gasteiger partial charge in [-0.3, -0.25) is 0 Å². The third-order valence-electron chi connectivity index (χ3n) is 5.06. The summed E-state index contributed by atoms with van der Waals surface area (Å²) in [5, 5.41) is 5.95. The second-order valence-electron chi connectivity index (χ2n) is 6.72. The molecule has 0 aliphatic carbocycles. The van der Waals surface area contributed by atoms with E-state index in [0.29, 0.717) is 19.1 Å². The van der Waals surface area contributed by atoms with E-state index in [-0.39, 0.29) is 6.03 Å². The first-order chi connectivity index (χ1) is 12.2. The van der Waals surface area contributed by atoms with Crippen molar-refractivity contribution in [1.82, 2.24) is 5.32 Å². The van der Waals surface area contributed by atoms with Crippen molar-refractivity contribution in [2.24, 2.45) is 0 Å². The highest BCUT2D eigenvalue weighted by Crippen LogP contribution is 2.33. The summed E-state index contributed by atoms with van der Waals surface area (Å²) in [5.74, 6) is 1.23. The summed E-state index contributed by atoms with van der Waals surface area (Å²) in [4.78, 5) is 14.5. The molecule has 0 saturated carbocycles. The molecule has 0 saturated heterocycles. The lowest BCUT2D eigenvalue weighted by Crippen LogP contribution is -2.34. The smallest absolute Gasteiger partial charge is 0.319 e. The Morgan fingerprint density at radius 2 is 2.16 bits per heavy atom. The van der Waals surface area contributed by atoms with Gasteiger partial charge in [-0.2, -0.15) is 0 Å². The first-order valence-corrected chi connectivity index (χ1v) is 8.81. The lowest BCUT2D eigenvalue weighted by atomic mass is 9.93. The molecule has 2 heterocycles. The number of para-hydroxylation sites is 1. The Labute approximate surface area is 148 Å². The number of likely N-dealkylation sites (N-methyl/N-ethyl adjacent to an activating group) is 1. The SMILES string of the molecule is CN1CCc2ccc(NC(=O)NCC3CCOc4ccccc43)cc21. The standard InChI is InChI=1S/C20H23N3O2/c1-23-10-8-14-6-7-16(12-18(14)23)22-20(24)21-13-15-9-11-25-19-5-3-2-4-17(15)19/h2-7,12,15H,8-11,13H2,1H3,(H2,21,22,24). The number of rotatable bonds is 3. The number of anilines is 2. The molecule has 2 amide bonds. The molecule has 4 rings (SSSR count). The van der Waals surface area contributed by atoms with Crippen LogP contribution in [0.25, 0.3) is 0 Å². The van der Waals surface area contributed by atoms with Gasteiger partial charge >= 0.3 is 6.03 Å². The average molecular weight is 337 g/mol. The average Bonchev–Trinajstić information content (AvgIpc) is 3.00. The van der Waals surface area contributed by atoms with Gasteiger partial charge in [0, 0.05) is 37.4 Å². The topological polar surface area (TPSA) is 53.6 Å². The molecule has 0 fully saturated rings. The molecular formula is C20H23N3O2. The maximum atomic E-state index is 12.3. The van der Waals surface area contributed by atoms with Crippen molar-refractivity contribution < 1.29 is 9.53 Å². The number of ether oxygens (including phenoxy) is 1. The maximum absolute atomic E-state index is 12.3. The van der Waals surface area contributed by atoms with E-state index in [9.17, 15) is 4.79 Å². The van der Waals surface area contributed by atoms with Crippen LogP contribution in [0.1, 0.15) is 23.5 Å². The Morgan fingerprint density at radius 1 is 1.28 bits per heavy atom. The van der Waals surface area contributed by atoms with E-state index >= 15 is 0 Å². The number of hydrogen-bond donors (Lipinski definition) is 2. The summed E-state index contributed by atoms with van der Waals surface area (Å²) in [6, 6.07) is 14.0. The van der Waals surface area contributed by atoms with Crippen LogP contribution < -0.4 is 20.3 Å². The number of urea groups is 1. The first-order valence-electron chi connectivity index (χ1n) is 8.81. The quantitative estimate of drug-likeness (QED) is 0.903. The molecule has 5 heteroatoms. The zero-order valence-electron chi connectivity index (χ0n) is 14.4. The van der Waals surface area contributed by atoms with Gasteiger partial charge in [-0.25, -0.2) is 4.79 Å². The third kappa shape index (κ3) is 3.27. The minimum Gasteiger partial charge on any atom is -0.493 e. The van der Waals surface area contributed by atoms with Crippen molar-refractivity contribution in [3.05, 3.63) is 53.6 Å². The number of carbonyl (C=O) groups excluding carboxylic acids is 1. The van der Waals surface area contributed by atoms with Crippen molar-refractivity contribution >= 4 is 17.4 Å². The molecule has 5 nitrogen and oxygen atoms in total. The van der Waals surface area contributed by atoms with Gasteiger partial charge in [0.25, 0.3) is 0 Å². The summed E-state index contributed by atoms with van der Waals surface area (Å²) in [5.41, 5.74) is 4.55. The molecule has 25 heavy (non-hydrogen) atoms. The lowest BCUT2D eigenvalue weighted by Gasteiger charge is -2.26. The lowest BCUT2D eigenvalue weighted by molar-refractivity contribution is 0.245. The van der Waals surface area contributed by atoms with Gasteiger partial charge in [-0.05, 0) is 42.2 Å². The second kappa shape index (κ2) is 6.67. The van der Waals surface area contributed by atoms with Crippen LogP contribution in [0.4, 0.5) is 16.2 Å². The highest BCUT2D eigenvalue weighted by Gasteiger charge is 2.21. The third-order valence-corrected chi connectivity index (χ3v) is 5.06. The van der Waals surface area contributed by atoms with Crippen LogP contribution in [-0.4, -0.2) is 32.8 Å². The molecule has 0 radical (unpaired) electrons. The van der Waals surface area contributed by atoms with Gasteiger partial charge in [0.15, 0.2) is 0 Å². The summed E-state index contributed by atoms with van der Waals surface area (Å²) < 4.78 is 5.68. The predicted molar refractivity (Wildman–Crippen MR) is 99.7 cm³/mol. The van der Waals surface area contributed by atoms with Crippen LogP contribution in [0.3, 0.4) is 0 Å². The molecule has 2 aliphatic heterocycles. The summed E-state index contributed by atoms with van der Waals surface area (Å²) in [6.07, 6.45) is 1.99. The van der Waals surface area contributed by atoms with Gasteiger partial charge in [0.2, 0.25) is 0 Å². The summed E-state index contributed by atoms with van der Waals surface area (Å²) in [6.45, 7) is 2.34. The Bertz CT molecular complexity index is 790. The molecule has 1 unspecified atom stereocenters. The van der Waals surface area contributed by atoms with Gasteiger partial charge in [-0.1, -0.05) is 24.3 Å². The number of hydrogen-bond acceptors (Lipinski definition) is 3. The number of fused-ring (bicyclic) bond motifs is 2. The van der Waals surface area contributed by atoms with Crippen LogP contribution in [0.15, 0.2) is 42.5 Å². The normalized spacial score (nSPS) is 18.1. The summed E-state index contributed by atoms with van der Waals surface area (Å²) >= 11 is 0. The van der Waals surface area contributed by atoms with E-state index in [0.717, 1.165) is 30.8 Å². The first kappa shape index (κ1) is 15.8. The molecular weight excluding hydrogens is 314 g/mol. The van der Waals surface area contributed by atoms with Crippen molar-refractivity contribution in [1.29, 1.82) is 0 Å². The highest BCUT2D eigenvalue weighted by atomic mass is 16.5. The molecule has 2 aromatic rings. The fourth-order valence-corrected chi connectivity index (χ4v) is 3.64. The maximum Gasteiger partial charge on any atom is 0.319 e. The minimum absolute atomic E-state index is 0.162. The van der Waals surface area contributed by atoms with Crippen LogP contribution in [0.2, 0.25) is 0 Å². The minimum atomic E-state index is -0.162. The zero-order chi connectivity index (χ0) is 17.2. The Balaban J connectivity index is 1.37. The van der Waals surface area contributed by atoms with Crippen molar-refractivity contribution in [3.8, 4) is 5.75 Å². The molecule has 130 valence electrons. The number of amides is 2. The number of carbonyl (C=O) groups is 1. The number of nitrogens with zero attached hydrogens (tertiary/aromatic N) is 1. The number of nitrogens with one attached hydrogen (secondary N) is 2. The fourth-order valence-electron chi connectivity index (χ4n) is 3.64. The van der Waals surface area contributed by atoms with Gasteiger partial charge < -0.3 is 20.3 Å². The number of benzene rings is 2. The molecule has 0 bridgehead atoms. The van der Waals surface area contributed by atoms with Gasteiger partial charge in [-0.15, -0.1) is 0 Å². The van der Waals surface area contributed by atoms with Crippen LogP contribution >= 0.6 is 0 Å². The molecule has 2 N–H and O–H groups in total. The molecule has 0 spiro atoms. The van der Waals surface area contributed by atoms with Crippen molar-refractivity contribution in [3.63, 3.8) is 0 Å². The van der Waals surface area contributed by atoms with Crippen molar-refractivity contribution in [2.45, 2.75) is 18.8 Å². The van der Waals surface area contributed by atoms with E-state index in [4.69, 9.17) is 4.74 Å². The molecule has 2 aliphatic rings. The van der Waals surface area contributed by atoms with Crippen LogP contribution in [0.5, 0.6) is 5.75 Å². The van der Waals surface area contributed by atoms with Crippen LogP contribution in [-0.2, 0) is 6.42 Å². The fraction of sp³-hybridized carbons (Fsp3) is 0.350. The van der Waals surface area contributed by atoms with E-state index in [1.54, 1.807) is 0 Å². The Hall–Kier alpha value is -2.69. The Kier molecular flexibility index (Phi) is 4.22. The van der Waals surface area contributed by atoms with Gasteiger partial charge in [0.1, 0.15) is 5.75 Å². The van der Waals surface area contributed by atoms with Gasteiger partial charge in [0.05, 0.1) is 6.61 Å². The molecule has 2 aromatic carbocycles. The largest absolute Gasteiger partial charge is 0.493 e. The second-order valence-corrected chi connectivity index (χ2v) is 6.72. The van der Waals surface area contributed by atoms with E-state index in [1.165, 1.54) is 16.8 Å². The molecule has 1 atom stereocenters. The summed E-state index contributed by atoms with van der Waals surface area (Å²) in [7, 11) is 2.08. The van der Waals surface area contributed by atoms with Crippen LogP contribution in [0, 0.1) is 0 Å². The Morgan fingerprint density at radius 3 is 3.08 bits per heavy atom. The van der Waals surface area contributed by atoms with E-state index in [2.05, 4.69) is 34.7 Å². The highest BCUT2D eigenvalue weighted by molar-refractivity contribution is 5.90.